The number of nitrogens with one attached hydrogen (secondary N) is 1. The third-order valence-corrected chi connectivity index (χ3v) is 0.394. The van der Waals surface area contributed by atoms with E-state index in [0.717, 1.165) is 0 Å². The molecular formula is C4H7Be2N. The van der Waals surface area contributed by atoms with Crippen LogP contribution in [-0.2, 0) is 0 Å². The van der Waals surface area contributed by atoms with Crippen LogP contribution in [0.4, 0.5) is 0 Å². The molecule has 4 radical (unpaired) electrons. The summed E-state index contributed by atoms with van der Waals surface area (Å²) in [5.74, 6) is 0. The van der Waals surface area contributed by atoms with E-state index in [-0.39, 0.29) is 23.1 Å². The van der Waals surface area contributed by atoms with Crippen LogP contribution in [0.25, 0.3) is 0 Å². The molecule has 1 nitrogen and oxygen atoms in total. The van der Waals surface area contributed by atoms with Crippen molar-refractivity contribution >= 4 is 20.2 Å². The first-order valence-corrected chi connectivity index (χ1v) is 1.41. The zero-order valence-corrected chi connectivity index (χ0v) is 4.07. The Hall–Kier alpha value is -0.472. The number of allylic oxidation sites excluding steroid dienone is 2. The number of rotatable bonds is 0. The van der Waals surface area contributed by atoms with Gasteiger partial charge in [0, 0.05) is 23.1 Å². The predicted molar refractivity (Wildman–Crippen MR) is 34.5 cm³/mol. The first-order chi connectivity index (χ1) is 2.50. The van der Waals surface area contributed by atoms with Crippen molar-refractivity contribution in [2.24, 2.45) is 0 Å². The van der Waals surface area contributed by atoms with E-state index in [0.29, 0.717) is 0 Å². The van der Waals surface area contributed by atoms with Gasteiger partial charge in [-0.25, -0.2) is 0 Å². The fourth-order valence-corrected chi connectivity index (χ4v) is 0.208. The Bertz CT molecular complexity index is 74.6. The van der Waals surface area contributed by atoms with Gasteiger partial charge in [-0.2, -0.15) is 0 Å². The molecule has 0 atom stereocenters. The second-order valence-corrected chi connectivity index (χ2v) is 0.747. The molecule has 1 heterocycles. The summed E-state index contributed by atoms with van der Waals surface area (Å²) in [6.45, 7) is 0. The molecule has 1 N–H and O–H groups in total. The van der Waals surface area contributed by atoms with Gasteiger partial charge >= 0.3 is 0 Å². The average molecular weight is 87.1 g/mol. The van der Waals surface area contributed by atoms with E-state index < -0.39 is 0 Å². The van der Waals surface area contributed by atoms with E-state index in [1.165, 1.54) is 0 Å². The van der Waals surface area contributed by atoms with Gasteiger partial charge in [-0.1, -0.05) is 0 Å². The molecule has 1 aliphatic heterocycles. The third-order valence-electron chi connectivity index (χ3n) is 0.394. The molecule has 0 saturated heterocycles. The van der Waals surface area contributed by atoms with Gasteiger partial charge in [-0.05, 0) is 18.4 Å². The molecule has 0 fully saturated rings. The molecular weight excluding hydrogens is 80.1 g/mol. The van der Waals surface area contributed by atoms with Crippen molar-refractivity contribution in [1.29, 1.82) is 0 Å². The van der Waals surface area contributed by atoms with E-state index in [2.05, 4.69) is 17.7 Å². The normalized spacial score (nSPS) is 10.3. The maximum Gasteiger partial charge on any atom is 0.0703 e. The molecule has 0 unspecified atom stereocenters. The fourth-order valence-electron chi connectivity index (χ4n) is 0.208. The van der Waals surface area contributed by atoms with Crippen LogP contribution < -0.4 is 5.32 Å². The van der Waals surface area contributed by atoms with Crippen LogP contribution in [0, 0.1) is 12.4 Å². The first kappa shape index (κ1) is 9.73. The van der Waals surface area contributed by atoms with Crippen molar-refractivity contribution in [2.75, 3.05) is 0 Å². The second-order valence-electron chi connectivity index (χ2n) is 0.747. The van der Waals surface area contributed by atoms with Crippen LogP contribution in [0.2, 0.25) is 0 Å². The summed E-state index contributed by atoms with van der Waals surface area (Å²) in [5, 5.41) is 2.61. The molecule has 0 aliphatic carbocycles. The van der Waals surface area contributed by atoms with Crippen molar-refractivity contribution in [3.05, 3.63) is 24.6 Å². The van der Waals surface area contributed by atoms with E-state index in [9.17, 15) is 0 Å². The van der Waals surface area contributed by atoms with Crippen LogP contribution >= 0.6 is 0 Å². The van der Waals surface area contributed by atoms with Crippen LogP contribution in [0.15, 0.2) is 12.2 Å². The van der Waals surface area contributed by atoms with Crippen molar-refractivity contribution < 1.29 is 2.85 Å². The van der Waals surface area contributed by atoms with E-state index in [1.54, 1.807) is 12.2 Å². The quantitative estimate of drug-likeness (QED) is 0.323. The Labute approximate surface area is 53.9 Å². The Balaban J connectivity index is -0.0000000312. The van der Waals surface area contributed by atoms with Gasteiger partial charge in [-0.3, -0.25) is 0 Å². The molecule has 0 aromatic heterocycles. The largest absolute Gasteiger partial charge is 0.320 e. The predicted octanol–water partition coefficient (Wildman–Crippen LogP) is -0.0462. The molecule has 7 heavy (non-hydrogen) atoms. The minimum absolute atomic E-state index is 0. The summed E-state index contributed by atoms with van der Waals surface area (Å²) in [7, 11) is 0. The van der Waals surface area contributed by atoms with Gasteiger partial charge in [0.1, 0.15) is 0 Å². The average Bonchev–Trinajstić information content (AvgIpc) is 1.76. The van der Waals surface area contributed by atoms with E-state index >= 15 is 0 Å². The molecule has 3 heteroatoms. The minimum Gasteiger partial charge on any atom is -0.320 e. The maximum atomic E-state index is 2.68. The first-order valence-electron chi connectivity index (χ1n) is 1.41. The second kappa shape index (κ2) is 5.53. The van der Waals surface area contributed by atoms with Crippen LogP contribution in [0.1, 0.15) is 2.85 Å². The number of hydrogen-bond acceptors (Lipinski definition) is 1. The van der Waals surface area contributed by atoms with Crippen LogP contribution in [0.5, 0.6) is 0 Å². The zero-order valence-electron chi connectivity index (χ0n) is 4.07. The fraction of sp³-hybridized carbons (Fsp3) is 0. The monoisotopic (exact) mass is 87.1 g/mol. The molecule has 0 aromatic carbocycles. The van der Waals surface area contributed by atoms with E-state index in [4.69, 9.17) is 0 Å². The SMILES string of the molecule is [Be].[Be].[C+]1=CC=[C-]N1.[HH].[HH]. The Morgan fingerprint density at radius 2 is 2.29 bits per heavy atom. The summed E-state index contributed by atoms with van der Waals surface area (Å²) in [6.07, 6.45) is 8.89. The van der Waals surface area contributed by atoms with Crippen molar-refractivity contribution in [1.82, 2.24) is 5.32 Å². The summed E-state index contributed by atoms with van der Waals surface area (Å²) in [6, 6.07) is 0. The smallest absolute Gasteiger partial charge is 0.0703 e. The van der Waals surface area contributed by atoms with Gasteiger partial charge in [0.15, 0.2) is 0 Å². The van der Waals surface area contributed by atoms with Crippen molar-refractivity contribution in [3.63, 3.8) is 0 Å². The van der Waals surface area contributed by atoms with Crippen LogP contribution in [-0.4, -0.2) is 20.2 Å². The van der Waals surface area contributed by atoms with Gasteiger partial charge in [0.2, 0.25) is 0 Å². The summed E-state index contributed by atoms with van der Waals surface area (Å²) < 4.78 is 0. The van der Waals surface area contributed by atoms with E-state index in [1.807, 2.05) is 0 Å². The molecule has 1 rings (SSSR count). The molecule has 32 valence electrons. The Morgan fingerprint density at radius 1 is 1.57 bits per heavy atom. The summed E-state index contributed by atoms with van der Waals surface area (Å²) >= 11 is 0. The Morgan fingerprint density at radius 3 is 2.43 bits per heavy atom. The Kier molecular flexibility index (Phi) is 7.68. The van der Waals surface area contributed by atoms with Gasteiger partial charge in [-0.15, -0.1) is 0 Å². The summed E-state index contributed by atoms with van der Waals surface area (Å²) in [5.41, 5.74) is 0. The molecule has 0 amide bonds. The molecule has 0 spiro atoms. The summed E-state index contributed by atoms with van der Waals surface area (Å²) in [4.78, 5) is 0. The molecule has 1 aliphatic rings. The van der Waals surface area contributed by atoms with Gasteiger partial charge in [0.25, 0.3) is 0 Å². The van der Waals surface area contributed by atoms with Crippen molar-refractivity contribution in [2.45, 2.75) is 0 Å². The zero-order chi connectivity index (χ0) is 3.54. The van der Waals surface area contributed by atoms with Gasteiger partial charge in [0.05, 0.1) is 6.20 Å². The van der Waals surface area contributed by atoms with Crippen LogP contribution in [0.3, 0.4) is 0 Å². The van der Waals surface area contributed by atoms with Crippen molar-refractivity contribution in [3.8, 4) is 0 Å². The molecule has 0 saturated carbocycles. The maximum absolute atomic E-state index is 2.68. The third kappa shape index (κ3) is 3.36. The topological polar surface area (TPSA) is 12.0 Å². The van der Waals surface area contributed by atoms with Gasteiger partial charge < -0.3 is 5.32 Å². The molecule has 0 aromatic rings. The minimum atomic E-state index is 0. The standard InChI is InChI=1S/C4H3N.2Be.2H2/c1-2-4-5-3-1;;;;/h1-2,5H;;;2*1H. The molecule has 0 bridgehead atoms. The number of hydrogen-bond donors (Lipinski definition) is 1.